The van der Waals surface area contributed by atoms with Crippen LogP contribution in [-0.2, 0) is 10.0 Å². The van der Waals surface area contributed by atoms with Crippen LogP contribution in [0.4, 0.5) is 11.6 Å². The number of aromatic nitrogens is 3. The van der Waals surface area contributed by atoms with Crippen molar-refractivity contribution in [3.05, 3.63) is 42.2 Å². The zero-order chi connectivity index (χ0) is 25.1. The van der Waals surface area contributed by atoms with Crippen molar-refractivity contribution in [2.45, 2.75) is 36.6 Å². The smallest absolute Gasteiger partial charge is 0.270 e. The Hall–Kier alpha value is -2.73. The summed E-state index contributed by atoms with van der Waals surface area (Å²) in [5.41, 5.74) is 2.20. The number of hydrogen-bond acceptors (Lipinski definition) is 7. The minimum Gasteiger partial charge on any atom is -0.343 e. The van der Waals surface area contributed by atoms with Crippen molar-refractivity contribution in [1.29, 1.82) is 0 Å². The van der Waals surface area contributed by atoms with Crippen molar-refractivity contribution in [3.63, 3.8) is 0 Å². The second kappa shape index (κ2) is 9.54. The molecule has 37 heavy (non-hydrogen) atoms. The first-order valence-corrected chi connectivity index (χ1v) is 13.9. The van der Waals surface area contributed by atoms with E-state index in [9.17, 15) is 13.2 Å². The van der Waals surface area contributed by atoms with Crippen molar-refractivity contribution in [2.75, 3.05) is 45.6 Å². The topological polar surface area (TPSA) is 112 Å². The molecule has 1 spiro atoms. The lowest BCUT2D eigenvalue weighted by Gasteiger charge is -2.55. The molecule has 2 aliphatic heterocycles. The van der Waals surface area contributed by atoms with Crippen LogP contribution in [0.2, 0.25) is 0 Å². The molecule has 1 amide bonds. The third-order valence-electron chi connectivity index (χ3n) is 7.66. The highest BCUT2D eigenvalue weighted by Crippen LogP contribution is 2.38. The summed E-state index contributed by atoms with van der Waals surface area (Å²) in [4.78, 5) is 24.0. The molecule has 0 atom stereocenters. The van der Waals surface area contributed by atoms with Gasteiger partial charge in [-0.25, -0.2) is 13.4 Å². The number of amides is 1. The molecule has 0 bridgehead atoms. The van der Waals surface area contributed by atoms with Crippen molar-refractivity contribution in [2.24, 2.45) is 5.41 Å². The number of benzene rings is 1. The number of halogens is 1. The number of carbonyl (C=O) groups is 1. The van der Waals surface area contributed by atoms with E-state index in [1.165, 1.54) is 0 Å². The normalized spacial score (nSPS) is 19.3. The van der Waals surface area contributed by atoms with Crippen LogP contribution in [0.5, 0.6) is 0 Å². The van der Waals surface area contributed by atoms with E-state index in [0.29, 0.717) is 30.4 Å². The standard InChI is InChI=1S/C25H31N7O3S.ClH/c1-30(2)23(33)21-11-17-12-27-24(29-22(17)32(21)19-5-3-4-6-19)28-18-7-9-20(10-8-18)36(34,35)31-15-25(16-31)13-26-14-25;/h7-12,19,26H,3-6,13-16H2,1-2H3,(H,27,28,29);1H. The average molecular weight is 546 g/mol. The quantitative estimate of drug-likeness (QED) is 0.489. The van der Waals surface area contributed by atoms with Gasteiger partial charge in [0.25, 0.3) is 5.91 Å². The molecule has 1 aliphatic carbocycles. The van der Waals surface area contributed by atoms with Gasteiger partial charge in [-0.2, -0.15) is 9.29 Å². The van der Waals surface area contributed by atoms with Gasteiger partial charge in [0.05, 0.1) is 4.90 Å². The fraction of sp³-hybridized carbons (Fsp3) is 0.480. The zero-order valence-corrected chi connectivity index (χ0v) is 22.6. The summed E-state index contributed by atoms with van der Waals surface area (Å²) in [6, 6.07) is 8.82. The molecule has 10 nitrogen and oxygen atoms in total. The van der Waals surface area contributed by atoms with Crippen LogP contribution in [-0.4, -0.2) is 78.3 Å². The monoisotopic (exact) mass is 545 g/mol. The van der Waals surface area contributed by atoms with E-state index >= 15 is 0 Å². The van der Waals surface area contributed by atoms with Gasteiger partial charge in [-0.05, 0) is 43.2 Å². The number of rotatable bonds is 6. The van der Waals surface area contributed by atoms with E-state index in [1.807, 2.05) is 6.07 Å². The van der Waals surface area contributed by atoms with Crippen LogP contribution in [0.3, 0.4) is 0 Å². The predicted molar refractivity (Wildman–Crippen MR) is 144 cm³/mol. The second-order valence-electron chi connectivity index (χ2n) is 10.5. The van der Waals surface area contributed by atoms with E-state index in [1.54, 1.807) is 53.8 Å². The van der Waals surface area contributed by atoms with E-state index in [4.69, 9.17) is 4.98 Å². The Bertz CT molecular complexity index is 1420. The molecular weight excluding hydrogens is 514 g/mol. The summed E-state index contributed by atoms with van der Waals surface area (Å²) in [5, 5.41) is 7.25. The first-order chi connectivity index (χ1) is 17.3. The van der Waals surface area contributed by atoms with Crippen LogP contribution in [0.15, 0.2) is 41.4 Å². The molecule has 6 rings (SSSR count). The van der Waals surface area contributed by atoms with Gasteiger partial charge >= 0.3 is 0 Å². The highest BCUT2D eigenvalue weighted by atomic mass is 35.5. The first kappa shape index (κ1) is 25.9. The Balaban J connectivity index is 0.00000280. The molecule has 0 unspecified atom stereocenters. The molecule has 3 fully saturated rings. The van der Waals surface area contributed by atoms with Crippen LogP contribution in [0.25, 0.3) is 11.0 Å². The van der Waals surface area contributed by atoms with Crippen molar-refractivity contribution in [3.8, 4) is 0 Å². The van der Waals surface area contributed by atoms with Crippen molar-refractivity contribution in [1.82, 2.24) is 29.1 Å². The van der Waals surface area contributed by atoms with Gasteiger partial charge in [-0.15, -0.1) is 12.4 Å². The van der Waals surface area contributed by atoms with Gasteiger partial charge < -0.3 is 20.1 Å². The highest BCUT2D eigenvalue weighted by molar-refractivity contribution is 7.89. The maximum Gasteiger partial charge on any atom is 0.270 e. The molecule has 2 N–H and O–H groups in total. The molecule has 0 radical (unpaired) electrons. The number of anilines is 2. The van der Waals surface area contributed by atoms with Gasteiger partial charge in [0.2, 0.25) is 16.0 Å². The van der Waals surface area contributed by atoms with Crippen LogP contribution >= 0.6 is 12.4 Å². The van der Waals surface area contributed by atoms with Crippen LogP contribution in [0, 0.1) is 5.41 Å². The van der Waals surface area contributed by atoms with E-state index < -0.39 is 10.0 Å². The second-order valence-corrected chi connectivity index (χ2v) is 12.5. The number of fused-ring (bicyclic) bond motifs is 1. The van der Waals surface area contributed by atoms with E-state index in [-0.39, 0.29) is 34.7 Å². The molecular formula is C25H32ClN7O3S. The Kier molecular flexibility index (Phi) is 6.68. The maximum absolute atomic E-state index is 13.0. The summed E-state index contributed by atoms with van der Waals surface area (Å²) < 4.78 is 29.5. The molecule has 12 heteroatoms. The highest BCUT2D eigenvalue weighted by Gasteiger charge is 2.51. The van der Waals surface area contributed by atoms with Crippen molar-refractivity contribution < 1.29 is 13.2 Å². The van der Waals surface area contributed by atoms with E-state index in [2.05, 4.69) is 20.2 Å². The minimum absolute atomic E-state index is 0. The summed E-state index contributed by atoms with van der Waals surface area (Å²) >= 11 is 0. The van der Waals surface area contributed by atoms with Gasteiger partial charge in [0.1, 0.15) is 11.3 Å². The van der Waals surface area contributed by atoms with Gasteiger partial charge in [0.15, 0.2) is 0 Å². The largest absolute Gasteiger partial charge is 0.343 e. The average Bonchev–Trinajstić information content (AvgIpc) is 3.44. The Morgan fingerprint density at radius 1 is 1.14 bits per heavy atom. The molecule has 2 saturated heterocycles. The fourth-order valence-electron chi connectivity index (χ4n) is 5.56. The third kappa shape index (κ3) is 4.47. The molecule has 3 aromatic rings. The lowest BCUT2D eigenvalue weighted by Crippen LogP contribution is -2.71. The van der Waals surface area contributed by atoms with Gasteiger partial charge in [-0.1, -0.05) is 12.8 Å². The Morgan fingerprint density at radius 2 is 1.81 bits per heavy atom. The van der Waals surface area contributed by atoms with Crippen molar-refractivity contribution >= 4 is 51.0 Å². The summed E-state index contributed by atoms with van der Waals surface area (Å²) in [6.07, 6.45) is 6.06. The van der Waals surface area contributed by atoms with E-state index in [0.717, 1.165) is 49.8 Å². The van der Waals surface area contributed by atoms with Crippen LogP contribution < -0.4 is 10.6 Å². The third-order valence-corrected chi connectivity index (χ3v) is 9.47. The maximum atomic E-state index is 13.0. The zero-order valence-electron chi connectivity index (χ0n) is 21.0. The molecule has 1 saturated carbocycles. The molecule has 3 aliphatic rings. The fourth-order valence-corrected chi connectivity index (χ4v) is 7.22. The number of sulfonamides is 1. The molecule has 2 aromatic heterocycles. The Labute approximate surface area is 222 Å². The minimum atomic E-state index is -3.49. The molecule has 1 aromatic carbocycles. The number of nitrogens with zero attached hydrogens (tertiary/aromatic N) is 5. The summed E-state index contributed by atoms with van der Waals surface area (Å²) in [7, 11) is 0.0238. The number of hydrogen-bond donors (Lipinski definition) is 2. The number of carbonyl (C=O) groups excluding carboxylic acids is 1. The van der Waals surface area contributed by atoms with Crippen LogP contribution in [0.1, 0.15) is 42.2 Å². The SMILES string of the molecule is CN(C)C(=O)c1cc2cnc(Nc3ccc(S(=O)(=O)N4CC5(CNC5)C4)cc3)nc2n1C1CCCC1.Cl. The summed E-state index contributed by atoms with van der Waals surface area (Å²) in [5.74, 6) is 0.356. The summed E-state index contributed by atoms with van der Waals surface area (Å²) in [6.45, 7) is 2.94. The lowest BCUT2D eigenvalue weighted by molar-refractivity contribution is 0.0164. The first-order valence-electron chi connectivity index (χ1n) is 12.4. The Morgan fingerprint density at radius 3 is 2.41 bits per heavy atom. The number of nitrogens with one attached hydrogen (secondary N) is 2. The molecule has 198 valence electrons. The van der Waals surface area contributed by atoms with Gasteiger partial charge in [-0.3, -0.25) is 4.79 Å². The lowest BCUT2D eigenvalue weighted by atomic mass is 9.76. The molecule has 4 heterocycles. The predicted octanol–water partition coefficient (Wildman–Crippen LogP) is 3.01. The van der Waals surface area contributed by atoms with Gasteiger partial charge in [0, 0.05) is 69.0 Å².